The first-order valence-corrected chi connectivity index (χ1v) is 14.3. The molecular weight excluding hydrogens is 529 g/mol. The molecule has 206 valence electrons. The number of hydrogen-bond donors (Lipinski definition) is 2. The van der Waals surface area contributed by atoms with Crippen molar-refractivity contribution < 1.29 is 36.5 Å². The van der Waals surface area contributed by atoms with Crippen LogP contribution in [0.4, 0.5) is 13.2 Å². The third-order valence-electron chi connectivity index (χ3n) is 7.56. The van der Waals surface area contributed by atoms with E-state index in [0.29, 0.717) is 11.1 Å². The molecule has 2 N–H and O–H groups in total. The maximum atomic E-state index is 14.1. The molecule has 4 atom stereocenters. The molecule has 2 aliphatic heterocycles. The van der Waals surface area contributed by atoms with Gasteiger partial charge >= 0.3 is 6.18 Å². The van der Waals surface area contributed by atoms with Gasteiger partial charge in [-0.05, 0) is 70.0 Å². The highest BCUT2D eigenvalue weighted by Crippen LogP contribution is 2.53. The molecule has 1 saturated heterocycles. The summed E-state index contributed by atoms with van der Waals surface area (Å²) in [6.07, 6.45) is -7.81. The first-order valence-electron chi connectivity index (χ1n) is 12.7. The average Bonchev–Trinajstić information content (AvgIpc) is 3.48. The SMILES string of the molecule is CC(C)c1ccc(C(CC(F)(F)F)S(=O)(=O)C2CC3OC2C(c2ccc(O)cc2)=C3c2ccc(O)cc2)cc1. The van der Waals surface area contributed by atoms with E-state index in [2.05, 4.69) is 0 Å². The number of benzene rings is 3. The Morgan fingerprint density at radius 2 is 1.31 bits per heavy atom. The first kappa shape index (κ1) is 27.3. The van der Waals surface area contributed by atoms with Gasteiger partial charge in [0.1, 0.15) is 17.6 Å². The minimum atomic E-state index is -4.69. The van der Waals surface area contributed by atoms with Crippen LogP contribution in [-0.2, 0) is 14.6 Å². The molecule has 3 aromatic rings. The van der Waals surface area contributed by atoms with Gasteiger partial charge in [0.15, 0.2) is 9.84 Å². The smallest absolute Gasteiger partial charge is 0.390 e. The van der Waals surface area contributed by atoms with Crippen molar-refractivity contribution in [1.82, 2.24) is 0 Å². The monoisotopic (exact) mass is 558 g/mol. The van der Waals surface area contributed by atoms with Crippen LogP contribution >= 0.6 is 0 Å². The standard InChI is InChI=1S/C30H29F3O5S/c1-17(2)18-3-5-19(6-4-18)26(16-30(31,32)33)39(36,37)25-15-24-27(20-7-11-22(34)12-8-20)28(29(25)38-24)21-9-13-23(35)14-10-21/h3-14,17,24-26,29,34-35H,15-16H2,1-2H3. The van der Waals surface area contributed by atoms with Crippen molar-refractivity contribution in [1.29, 1.82) is 0 Å². The lowest BCUT2D eigenvalue weighted by atomic mass is 9.83. The number of hydrogen-bond acceptors (Lipinski definition) is 5. The van der Waals surface area contributed by atoms with Gasteiger partial charge in [0.2, 0.25) is 0 Å². The van der Waals surface area contributed by atoms with E-state index in [4.69, 9.17) is 4.74 Å². The molecule has 2 aliphatic rings. The van der Waals surface area contributed by atoms with Crippen molar-refractivity contribution in [2.24, 2.45) is 0 Å². The topological polar surface area (TPSA) is 83.8 Å². The Labute approximate surface area is 225 Å². The molecule has 0 amide bonds. The Morgan fingerprint density at radius 1 is 0.821 bits per heavy atom. The lowest BCUT2D eigenvalue weighted by Gasteiger charge is -2.29. The van der Waals surface area contributed by atoms with E-state index in [9.17, 15) is 31.8 Å². The van der Waals surface area contributed by atoms with Crippen LogP contribution in [0.25, 0.3) is 11.1 Å². The Hall–Kier alpha value is -3.30. The lowest BCUT2D eigenvalue weighted by molar-refractivity contribution is -0.134. The van der Waals surface area contributed by atoms with Crippen molar-refractivity contribution >= 4 is 21.0 Å². The fourth-order valence-electron chi connectivity index (χ4n) is 5.61. The third-order valence-corrected chi connectivity index (χ3v) is 10.1. The highest BCUT2D eigenvalue weighted by Gasteiger charge is 2.55. The quantitative estimate of drug-likeness (QED) is 0.334. The van der Waals surface area contributed by atoms with Gasteiger partial charge in [-0.15, -0.1) is 0 Å². The number of sulfone groups is 1. The van der Waals surface area contributed by atoms with Crippen molar-refractivity contribution in [3.05, 3.63) is 95.1 Å². The highest BCUT2D eigenvalue weighted by atomic mass is 32.2. The van der Waals surface area contributed by atoms with Crippen LogP contribution in [0.3, 0.4) is 0 Å². The minimum Gasteiger partial charge on any atom is -0.508 e. The van der Waals surface area contributed by atoms with Crippen LogP contribution in [0.1, 0.15) is 60.1 Å². The Bertz CT molecular complexity index is 1480. The lowest BCUT2D eigenvalue weighted by Crippen LogP contribution is -2.37. The second kappa shape index (κ2) is 10.0. The van der Waals surface area contributed by atoms with Crippen molar-refractivity contribution in [2.45, 2.75) is 61.5 Å². The normalized spacial score (nSPS) is 22.1. The van der Waals surface area contributed by atoms with Crippen LogP contribution in [0.15, 0.2) is 72.8 Å². The fourth-order valence-corrected chi connectivity index (χ4v) is 7.98. The maximum absolute atomic E-state index is 14.1. The molecular formula is C30H29F3O5S. The predicted molar refractivity (Wildman–Crippen MR) is 143 cm³/mol. The zero-order valence-electron chi connectivity index (χ0n) is 21.4. The van der Waals surface area contributed by atoms with E-state index >= 15 is 0 Å². The van der Waals surface area contributed by atoms with E-state index in [-0.39, 0.29) is 29.4 Å². The second-order valence-electron chi connectivity index (χ2n) is 10.5. The zero-order chi connectivity index (χ0) is 28.1. The van der Waals surface area contributed by atoms with Crippen molar-refractivity contribution in [3.63, 3.8) is 0 Å². The van der Waals surface area contributed by atoms with E-state index in [1.165, 1.54) is 36.4 Å². The Balaban J connectivity index is 1.59. The van der Waals surface area contributed by atoms with Gasteiger partial charge in [-0.25, -0.2) is 8.42 Å². The molecule has 0 aromatic heterocycles. The van der Waals surface area contributed by atoms with Crippen LogP contribution in [0.5, 0.6) is 11.5 Å². The van der Waals surface area contributed by atoms with Gasteiger partial charge < -0.3 is 14.9 Å². The van der Waals surface area contributed by atoms with Crippen LogP contribution in [0, 0.1) is 0 Å². The molecule has 39 heavy (non-hydrogen) atoms. The summed E-state index contributed by atoms with van der Waals surface area (Å²) in [5.41, 5.74) is 3.62. The molecule has 1 fully saturated rings. The van der Waals surface area contributed by atoms with Gasteiger partial charge in [0.25, 0.3) is 0 Å². The van der Waals surface area contributed by atoms with E-state index in [1.807, 2.05) is 13.8 Å². The first-order chi connectivity index (χ1) is 18.3. The molecule has 0 aliphatic carbocycles. The van der Waals surface area contributed by atoms with Gasteiger partial charge in [0.05, 0.1) is 23.0 Å². The van der Waals surface area contributed by atoms with Crippen LogP contribution < -0.4 is 0 Å². The Kier molecular flexibility index (Phi) is 7.01. The van der Waals surface area contributed by atoms with E-state index in [1.54, 1.807) is 36.4 Å². The van der Waals surface area contributed by atoms with Gasteiger partial charge in [-0.3, -0.25) is 0 Å². The summed E-state index contributed by atoms with van der Waals surface area (Å²) in [5.74, 6) is 0.231. The summed E-state index contributed by atoms with van der Waals surface area (Å²) in [7, 11) is -4.38. The third kappa shape index (κ3) is 5.30. The van der Waals surface area contributed by atoms with Crippen molar-refractivity contribution in [3.8, 4) is 11.5 Å². The number of halogens is 3. The molecule has 5 rings (SSSR count). The van der Waals surface area contributed by atoms with E-state index in [0.717, 1.165) is 16.7 Å². The largest absolute Gasteiger partial charge is 0.508 e. The van der Waals surface area contributed by atoms with Gasteiger partial charge in [-0.1, -0.05) is 62.4 Å². The summed E-state index contributed by atoms with van der Waals surface area (Å²) >= 11 is 0. The van der Waals surface area contributed by atoms with Crippen molar-refractivity contribution in [2.75, 3.05) is 0 Å². The number of phenols is 2. The molecule has 9 heteroatoms. The fraction of sp³-hybridized carbons (Fsp3) is 0.333. The molecule has 0 saturated carbocycles. The number of fused-ring (bicyclic) bond motifs is 2. The molecule has 0 spiro atoms. The van der Waals surface area contributed by atoms with Gasteiger partial charge in [0, 0.05) is 0 Å². The second-order valence-corrected chi connectivity index (χ2v) is 12.8. The van der Waals surface area contributed by atoms with Gasteiger partial charge in [-0.2, -0.15) is 13.2 Å². The number of aromatic hydroxyl groups is 2. The van der Waals surface area contributed by atoms with E-state index < -0.39 is 45.1 Å². The Morgan fingerprint density at radius 3 is 1.79 bits per heavy atom. The summed E-state index contributed by atoms with van der Waals surface area (Å²) < 4.78 is 75.5. The molecule has 4 unspecified atom stereocenters. The summed E-state index contributed by atoms with van der Waals surface area (Å²) in [6, 6.07) is 18.9. The summed E-state index contributed by atoms with van der Waals surface area (Å²) in [5, 5.41) is 16.6. The summed E-state index contributed by atoms with van der Waals surface area (Å²) in [6.45, 7) is 3.91. The number of rotatable bonds is 7. The zero-order valence-corrected chi connectivity index (χ0v) is 22.2. The summed E-state index contributed by atoms with van der Waals surface area (Å²) in [4.78, 5) is 0. The maximum Gasteiger partial charge on any atom is 0.390 e. The highest BCUT2D eigenvalue weighted by molar-refractivity contribution is 7.92. The number of ether oxygens (including phenoxy) is 1. The van der Waals surface area contributed by atoms with Crippen LogP contribution in [-0.4, -0.2) is 42.3 Å². The molecule has 0 radical (unpaired) electrons. The predicted octanol–water partition coefficient (Wildman–Crippen LogP) is 6.78. The minimum absolute atomic E-state index is 0.0171. The molecule has 3 aromatic carbocycles. The molecule has 2 bridgehead atoms. The number of phenolic OH excluding ortho intramolecular Hbond substituents is 2. The molecule has 2 heterocycles. The van der Waals surface area contributed by atoms with Crippen LogP contribution in [0.2, 0.25) is 0 Å². The molecule has 5 nitrogen and oxygen atoms in total. The number of alkyl halides is 3. The average molecular weight is 559 g/mol.